The number of rotatable bonds is 6. The number of aliphatic hydroxyl groups excluding tert-OH is 1. The molecular formula is C28H26N2O7. The largest absolute Gasteiger partial charge is 0.507 e. The van der Waals surface area contributed by atoms with E-state index in [0.717, 1.165) is 5.69 Å². The maximum absolute atomic E-state index is 13.4. The van der Waals surface area contributed by atoms with Crippen molar-refractivity contribution in [1.29, 1.82) is 0 Å². The summed E-state index contributed by atoms with van der Waals surface area (Å²) in [4.78, 5) is 30.1. The Kier molecular flexibility index (Phi) is 6.12. The topological polar surface area (TPSA) is 109 Å². The predicted octanol–water partition coefficient (Wildman–Crippen LogP) is 4.21. The summed E-state index contributed by atoms with van der Waals surface area (Å²) >= 11 is 0. The number of amides is 1. The molecular weight excluding hydrogens is 476 g/mol. The molecule has 0 radical (unpaired) electrons. The Labute approximate surface area is 213 Å². The molecule has 3 aromatic carbocycles. The first-order chi connectivity index (χ1) is 17.8. The summed E-state index contributed by atoms with van der Waals surface area (Å²) in [6, 6.07) is 15.6. The molecule has 5 rings (SSSR count). The lowest BCUT2D eigenvalue weighted by Crippen LogP contribution is -2.29. The van der Waals surface area contributed by atoms with Crippen LogP contribution in [0, 0.1) is 0 Å². The highest BCUT2D eigenvalue weighted by Gasteiger charge is 2.47. The van der Waals surface area contributed by atoms with Crippen molar-refractivity contribution in [3.63, 3.8) is 0 Å². The maximum Gasteiger partial charge on any atom is 0.300 e. The number of carbonyl (C=O) groups excluding carboxylic acids is 2. The van der Waals surface area contributed by atoms with Gasteiger partial charge in [0.25, 0.3) is 11.7 Å². The minimum Gasteiger partial charge on any atom is -0.507 e. The summed E-state index contributed by atoms with van der Waals surface area (Å²) < 4.78 is 16.3. The number of phenols is 1. The fourth-order valence-electron chi connectivity index (χ4n) is 4.50. The molecule has 2 N–H and O–H groups in total. The van der Waals surface area contributed by atoms with Gasteiger partial charge in [0.05, 0.1) is 18.2 Å². The number of hydrogen-bond donors (Lipinski definition) is 2. The maximum atomic E-state index is 13.4. The second-order valence-corrected chi connectivity index (χ2v) is 8.81. The molecule has 0 bridgehead atoms. The number of ketones is 1. The Hall–Kier alpha value is -4.66. The van der Waals surface area contributed by atoms with Crippen LogP contribution in [-0.2, 0) is 9.59 Å². The molecule has 0 saturated carbocycles. The van der Waals surface area contributed by atoms with Crippen molar-refractivity contribution in [2.75, 3.05) is 37.3 Å². The average molecular weight is 503 g/mol. The van der Waals surface area contributed by atoms with Crippen molar-refractivity contribution >= 4 is 28.8 Å². The normalized spacial score (nSPS) is 17.8. The van der Waals surface area contributed by atoms with Crippen LogP contribution in [0.5, 0.6) is 23.0 Å². The van der Waals surface area contributed by atoms with Gasteiger partial charge in [-0.15, -0.1) is 0 Å². The minimum atomic E-state index is -0.976. The van der Waals surface area contributed by atoms with Gasteiger partial charge < -0.3 is 29.3 Å². The van der Waals surface area contributed by atoms with Gasteiger partial charge in [-0.1, -0.05) is 6.07 Å². The first-order valence-electron chi connectivity index (χ1n) is 11.7. The number of Topliss-reactive ketones (excluding diaryl/α,β-unsaturated/α-hetero) is 1. The first kappa shape index (κ1) is 24.1. The van der Waals surface area contributed by atoms with Crippen molar-refractivity contribution < 1.29 is 34.0 Å². The molecule has 1 fully saturated rings. The third-order valence-corrected chi connectivity index (χ3v) is 6.33. The van der Waals surface area contributed by atoms with Gasteiger partial charge in [0, 0.05) is 31.0 Å². The van der Waals surface area contributed by atoms with Crippen molar-refractivity contribution in [2.24, 2.45) is 0 Å². The van der Waals surface area contributed by atoms with E-state index < -0.39 is 17.7 Å². The second kappa shape index (κ2) is 9.42. The molecule has 1 unspecified atom stereocenters. The number of phenolic OH excluding ortho intramolecular Hbond substituents is 1. The third kappa shape index (κ3) is 4.18. The van der Waals surface area contributed by atoms with Crippen LogP contribution in [0.15, 0.2) is 66.2 Å². The van der Waals surface area contributed by atoms with Gasteiger partial charge >= 0.3 is 0 Å². The Morgan fingerprint density at radius 1 is 1.03 bits per heavy atom. The van der Waals surface area contributed by atoms with Crippen molar-refractivity contribution in [3.8, 4) is 23.0 Å². The van der Waals surface area contributed by atoms with Crippen LogP contribution in [-0.4, -0.2) is 49.4 Å². The highest BCUT2D eigenvalue weighted by molar-refractivity contribution is 6.51. The number of aliphatic hydroxyl groups is 1. The number of hydrogen-bond acceptors (Lipinski definition) is 8. The standard InChI is InChI=1S/C28H26N2O7/c1-4-35-22-13-16(5-11-20(22)31)25-24(26(32)17-6-12-21-23(14-17)37-15-36-21)27(33)28(34)30(25)19-9-7-18(8-10-19)29(2)3/h5-14,25,31-32H,4,15H2,1-3H3/b26-24+. The Bertz CT molecular complexity index is 1410. The number of nitrogens with zero attached hydrogens (tertiary/aromatic N) is 2. The van der Waals surface area contributed by atoms with Crippen LogP contribution in [0.1, 0.15) is 24.1 Å². The molecule has 0 spiro atoms. The Morgan fingerprint density at radius 3 is 2.46 bits per heavy atom. The molecule has 190 valence electrons. The quantitative estimate of drug-likeness (QED) is 0.293. The zero-order valence-corrected chi connectivity index (χ0v) is 20.6. The van der Waals surface area contributed by atoms with E-state index in [0.29, 0.717) is 34.9 Å². The van der Waals surface area contributed by atoms with E-state index >= 15 is 0 Å². The van der Waals surface area contributed by atoms with E-state index in [9.17, 15) is 19.8 Å². The number of anilines is 2. The van der Waals surface area contributed by atoms with Gasteiger partial charge in [-0.25, -0.2) is 0 Å². The van der Waals surface area contributed by atoms with E-state index in [4.69, 9.17) is 14.2 Å². The SMILES string of the molecule is CCOc1cc(C2/C(=C(\O)c3ccc4c(c3)OCO4)C(=O)C(=O)N2c2ccc(N(C)C)cc2)ccc1O. The van der Waals surface area contributed by atoms with Gasteiger partial charge in [-0.3, -0.25) is 14.5 Å². The van der Waals surface area contributed by atoms with Crippen LogP contribution >= 0.6 is 0 Å². The van der Waals surface area contributed by atoms with Gasteiger partial charge in [0.1, 0.15) is 5.76 Å². The Morgan fingerprint density at radius 2 is 1.76 bits per heavy atom. The van der Waals surface area contributed by atoms with E-state index in [1.807, 2.05) is 31.1 Å². The second-order valence-electron chi connectivity index (χ2n) is 8.81. The van der Waals surface area contributed by atoms with Crippen LogP contribution < -0.4 is 24.0 Å². The highest BCUT2D eigenvalue weighted by atomic mass is 16.7. The average Bonchev–Trinajstić information content (AvgIpc) is 3.47. The molecule has 1 amide bonds. The molecule has 9 nitrogen and oxygen atoms in total. The summed E-state index contributed by atoms with van der Waals surface area (Å²) in [6.45, 7) is 2.14. The number of fused-ring (bicyclic) bond motifs is 1. The zero-order chi connectivity index (χ0) is 26.3. The summed E-state index contributed by atoms with van der Waals surface area (Å²) in [5, 5.41) is 21.6. The molecule has 0 aromatic heterocycles. The lowest BCUT2D eigenvalue weighted by molar-refractivity contribution is -0.132. The molecule has 1 saturated heterocycles. The van der Waals surface area contributed by atoms with Gasteiger partial charge in [0.15, 0.2) is 23.0 Å². The summed E-state index contributed by atoms with van der Waals surface area (Å²) in [5.74, 6) is -0.879. The minimum absolute atomic E-state index is 0.0561. The smallest absolute Gasteiger partial charge is 0.300 e. The zero-order valence-electron chi connectivity index (χ0n) is 20.6. The number of ether oxygens (including phenoxy) is 3. The van der Waals surface area contributed by atoms with Crippen LogP contribution in [0.25, 0.3) is 5.76 Å². The molecule has 37 heavy (non-hydrogen) atoms. The number of carbonyl (C=O) groups is 2. The number of benzene rings is 3. The fourth-order valence-corrected chi connectivity index (χ4v) is 4.50. The summed E-state index contributed by atoms with van der Waals surface area (Å²) in [6.07, 6.45) is 0. The molecule has 2 aliphatic rings. The van der Waals surface area contributed by atoms with Gasteiger partial charge in [-0.05, 0) is 67.1 Å². The van der Waals surface area contributed by atoms with E-state index in [1.165, 1.54) is 11.0 Å². The summed E-state index contributed by atoms with van der Waals surface area (Å²) in [7, 11) is 3.80. The first-order valence-corrected chi connectivity index (χ1v) is 11.7. The molecule has 3 aromatic rings. The predicted molar refractivity (Wildman–Crippen MR) is 137 cm³/mol. The van der Waals surface area contributed by atoms with E-state index in [2.05, 4.69) is 0 Å². The van der Waals surface area contributed by atoms with E-state index in [-0.39, 0.29) is 29.6 Å². The van der Waals surface area contributed by atoms with Crippen LogP contribution in [0.2, 0.25) is 0 Å². The van der Waals surface area contributed by atoms with Gasteiger partial charge in [-0.2, -0.15) is 0 Å². The van der Waals surface area contributed by atoms with Crippen molar-refractivity contribution in [2.45, 2.75) is 13.0 Å². The van der Waals surface area contributed by atoms with Crippen molar-refractivity contribution in [1.82, 2.24) is 0 Å². The van der Waals surface area contributed by atoms with E-state index in [1.54, 1.807) is 49.4 Å². The molecule has 2 aliphatic heterocycles. The molecule has 9 heteroatoms. The fraction of sp³-hybridized carbons (Fsp3) is 0.214. The van der Waals surface area contributed by atoms with Crippen molar-refractivity contribution in [3.05, 3.63) is 77.4 Å². The van der Waals surface area contributed by atoms with Crippen LogP contribution in [0.4, 0.5) is 11.4 Å². The monoisotopic (exact) mass is 502 g/mol. The molecule has 1 atom stereocenters. The van der Waals surface area contributed by atoms with Crippen LogP contribution in [0.3, 0.4) is 0 Å². The molecule has 0 aliphatic carbocycles. The lowest BCUT2D eigenvalue weighted by atomic mass is 9.94. The third-order valence-electron chi connectivity index (χ3n) is 6.33. The number of aromatic hydroxyl groups is 1. The summed E-state index contributed by atoms with van der Waals surface area (Å²) in [5.41, 5.74) is 2.10. The van der Waals surface area contributed by atoms with Gasteiger partial charge in [0.2, 0.25) is 6.79 Å². The highest BCUT2D eigenvalue weighted by Crippen LogP contribution is 2.45. The lowest BCUT2D eigenvalue weighted by Gasteiger charge is -2.26. The molecule has 2 heterocycles. The Balaban J connectivity index is 1.69.